The topological polar surface area (TPSA) is 61.6 Å². The zero-order valence-electron chi connectivity index (χ0n) is 12.4. The summed E-state index contributed by atoms with van der Waals surface area (Å²) in [6.45, 7) is 7.85. The number of carbonyl (C=O) groups is 1. The van der Waals surface area contributed by atoms with Crippen LogP contribution in [-0.2, 0) is 6.54 Å². The molecule has 0 bridgehead atoms. The highest BCUT2D eigenvalue weighted by Crippen LogP contribution is 2.18. The molecular formula is C16H24N4O. The summed E-state index contributed by atoms with van der Waals surface area (Å²) in [4.78, 5) is 16.2. The van der Waals surface area contributed by atoms with Gasteiger partial charge in [0, 0.05) is 57.4 Å². The first-order valence-corrected chi connectivity index (χ1v) is 7.78. The monoisotopic (exact) mass is 288 g/mol. The fraction of sp³-hybridized carbons (Fsp3) is 0.562. The van der Waals surface area contributed by atoms with E-state index in [9.17, 15) is 4.79 Å². The summed E-state index contributed by atoms with van der Waals surface area (Å²) in [7, 11) is 0. The number of hydrogen-bond acceptors (Lipinski definition) is 4. The lowest BCUT2D eigenvalue weighted by Gasteiger charge is -2.32. The van der Waals surface area contributed by atoms with E-state index in [0.29, 0.717) is 11.6 Å². The number of rotatable bonds is 4. The number of primary amides is 1. The van der Waals surface area contributed by atoms with Gasteiger partial charge >= 0.3 is 0 Å². The molecule has 21 heavy (non-hydrogen) atoms. The molecule has 1 amide bonds. The Labute approximate surface area is 126 Å². The first kappa shape index (κ1) is 14.5. The van der Waals surface area contributed by atoms with Gasteiger partial charge in [-0.2, -0.15) is 0 Å². The summed E-state index contributed by atoms with van der Waals surface area (Å²) in [5.74, 6) is -0.360. The molecule has 0 aliphatic carbocycles. The Morgan fingerprint density at radius 3 is 2.57 bits per heavy atom. The van der Waals surface area contributed by atoms with Crippen molar-refractivity contribution in [3.05, 3.63) is 35.4 Å². The van der Waals surface area contributed by atoms with Crippen LogP contribution in [0.25, 0.3) is 0 Å². The van der Waals surface area contributed by atoms with Crippen LogP contribution in [0.3, 0.4) is 0 Å². The molecule has 2 aliphatic heterocycles. The van der Waals surface area contributed by atoms with Crippen molar-refractivity contribution in [3.8, 4) is 0 Å². The second-order valence-electron chi connectivity index (χ2n) is 6.02. The summed E-state index contributed by atoms with van der Waals surface area (Å²) >= 11 is 0. The van der Waals surface area contributed by atoms with Crippen molar-refractivity contribution in [2.24, 2.45) is 5.73 Å². The molecule has 0 radical (unpaired) electrons. The number of hydrogen-bond donors (Lipinski definition) is 2. The van der Waals surface area contributed by atoms with Gasteiger partial charge in [0.15, 0.2) is 0 Å². The average molecular weight is 288 g/mol. The fourth-order valence-electron chi connectivity index (χ4n) is 3.33. The molecule has 2 aliphatic rings. The van der Waals surface area contributed by atoms with Crippen molar-refractivity contribution in [2.75, 3.05) is 39.3 Å². The van der Waals surface area contributed by atoms with E-state index >= 15 is 0 Å². The maximum Gasteiger partial charge on any atom is 0.248 e. The van der Waals surface area contributed by atoms with E-state index in [1.165, 1.54) is 25.1 Å². The molecular weight excluding hydrogens is 264 g/mol. The molecule has 1 aromatic carbocycles. The molecule has 114 valence electrons. The standard InChI is InChI=1S/C16H24N4O/c17-16(21)14-3-1-13(2-4-14)11-19-8-5-15(12-19)20-9-6-18-7-10-20/h1-4,15,18H,5-12H2,(H2,17,21). The van der Waals surface area contributed by atoms with Gasteiger partial charge in [-0.3, -0.25) is 14.6 Å². The van der Waals surface area contributed by atoms with E-state index in [1.807, 2.05) is 24.3 Å². The minimum Gasteiger partial charge on any atom is -0.366 e. The van der Waals surface area contributed by atoms with Gasteiger partial charge in [0.05, 0.1) is 0 Å². The molecule has 0 aromatic heterocycles. The molecule has 0 spiro atoms. The predicted octanol–water partition coefficient (Wildman–Crippen LogP) is 0.265. The smallest absolute Gasteiger partial charge is 0.248 e. The van der Waals surface area contributed by atoms with Crippen LogP contribution in [0.15, 0.2) is 24.3 Å². The molecule has 2 saturated heterocycles. The van der Waals surface area contributed by atoms with Crippen LogP contribution in [0, 0.1) is 0 Å². The van der Waals surface area contributed by atoms with Gasteiger partial charge in [-0.25, -0.2) is 0 Å². The first-order valence-electron chi connectivity index (χ1n) is 7.78. The van der Waals surface area contributed by atoms with E-state index < -0.39 is 0 Å². The number of piperazine rings is 1. The van der Waals surface area contributed by atoms with Gasteiger partial charge in [-0.15, -0.1) is 0 Å². The van der Waals surface area contributed by atoms with Crippen LogP contribution >= 0.6 is 0 Å². The van der Waals surface area contributed by atoms with Gasteiger partial charge < -0.3 is 11.1 Å². The lowest BCUT2D eigenvalue weighted by molar-refractivity contribution is 0.100. The Morgan fingerprint density at radius 2 is 1.90 bits per heavy atom. The first-order chi connectivity index (χ1) is 10.2. The van der Waals surface area contributed by atoms with Gasteiger partial charge in [0.25, 0.3) is 0 Å². The number of nitrogens with two attached hydrogens (primary N) is 1. The van der Waals surface area contributed by atoms with Crippen LogP contribution < -0.4 is 11.1 Å². The van der Waals surface area contributed by atoms with Gasteiger partial charge in [0.1, 0.15) is 0 Å². The highest BCUT2D eigenvalue weighted by molar-refractivity contribution is 5.92. The van der Waals surface area contributed by atoms with Crippen molar-refractivity contribution in [1.82, 2.24) is 15.1 Å². The maximum absolute atomic E-state index is 11.1. The predicted molar refractivity (Wildman–Crippen MR) is 83.1 cm³/mol. The van der Waals surface area contributed by atoms with E-state index in [-0.39, 0.29) is 5.91 Å². The summed E-state index contributed by atoms with van der Waals surface area (Å²) in [5.41, 5.74) is 7.10. The SMILES string of the molecule is NC(=O)c1ccc(CN2CCC(N3CCNCC3)C2)cc1. The molecule has 5 heteroatoms. The zero-order valence-corrected chi connectivity index (χ0v) is 12.4. The molecule has 1 aromatic rings. The lowest BCUT2D eigenvalue weighted by Crippen LogP contribution is -2.49. The number of nitrogens with one attached hydrogen (secondary N) is 1. The summed E-state index contributed by atoms with van der Waals surface area (Å²) in [6, 6.07) is 8.37. The number of amides is 1. The van der Waals surface area contributed by atoms with E-state index in [0.717, 1.165) is 32.7 Å². The van der Waals surface area contributed by atoms with Crippen molar-refractivity contribution >= 4 is 5.91 Å². The van der Waals surface area contributed by atoms with Crippen LogP contribution in [0.4, 0.5) is 0 Å². The Bertz CT molecular complexity index is 482. The number of likely N-dealkylation sites (tertiary alicyclic amines) is 1. The maximum atomic E-state index is 11.1. The Hall–Kier alpha value is -1.43. The zero-order chi connectivity index (χ0) is 14.7. The molecule has 3 rings (SSSR count). The second kappa shape index (κ2) is 6.56. The third-order valence-corrected chi connectivity index (χ3v) is 4.56. The third-order valence-electron chi connectivity index (χ3n) is 4.56. The molecule has 0 saturated carbocycles. The van der Waals surface area contributed by atoms with E-state index in [1.54, 1.807) is 0 Å². The van der Waals surface area contributed by atoms with Gasteiger partial charge in [-0.05, 0) is 24.1 Å². The average Bonchev–Trinajstić information content (AvgIpc) is 2.97. The highest BCUT2D eigenvalue weighted by Gasteiger charge is 2.28. The third kappa shape index (κ3) is 3.61. The fourth-order valence-corrected chi connectivity index (χ4v) is 3.33. The van der Waals surface area contributed by atoms with Gasteiger partial charge in [0.2, 0.25) is 5.91 Å². The van der Waals surface area contributed by atoms with E-state index in [2.05, 4.69) is 15.1 Å². The molecule has 3 N–H and O–H groups in total. The van der Waals surface area contributed by atoms with Crippen LogP contribution in [0.2, 0.25) is 0 Å². The molecule has 5 nitrogen and oxygen atoms in total. The summed E-state index contributed by atoms with van der Waals surface area (Å²) in [5, 5.41) is 3.41. The highest BCUT2D eigenvalue weighted by atomic mass is 16.1. The lowest BCUT2D eigenvalue weighted by atomic mass is 10.1. The number of nitrogens with zero attached hydrogens (tertiary/aromatic N) is 2. The minimum atomic E-state index is -0.360. The van der Waals surface area contributed by atoms with Crippen molar-refractivity contribution in [3.63, 3.8) is 0 Å². The number of benzene rings is 1. The van der Waals surface area contributed by atoms with E-state index in [4.69, 9.17) is 5.73 Å². The molecule has 1 unspecified atom stereocenters. The van der Waals surface area contributed by atoms with Crippen LogP contribution in [-0.4, -0.2) is 61.0 Å². The van der Waals surface area contributed by atoms with Crippen molar-refractivity contribution in [1.29, 1.82) is 0 Å². The van der Waals surface area contributed by atoms with Crippen LogP contribution in [0.5, 0.6) is 0 Å². The Morgan fingerprint density at radius 1 is 1.19 bits per heavy atom. The number of carbonyl (C=O) groups excluding carboxylic acids is 1. The molecule has 2 heterocycles. The Balaban J connectivity index is 1.53. The van der Waals surface area contributed by atoms with Crippen LogP contribution in [0.1, 0.15) is 22.3 Å². The minimum absolute atomic E-state index is 0.360. The molecule has 1 atom stereocenters. The van der Waals surface area contributed by atoms with Gasteiger partial charge in [-0.1, -0.05) is 12.1 Å². The Kier molecular flexibility index (Phi) is 4.53. The largest absolute Gasteiger partial charge is 0.366 e. The van der Waals surface area contributed by atoms with Crippen molar-refractivity contribution < 1.29 is 4.79 Å². The summed E-state index contributed by atoms with van der Waals surface area (Å²) < 4.78 is 0. The molecule has 2 fully saturated rings. The second-order valence-corrected chi connectivity index (χ2v) is 6.02. The van der Waals surface area contributed by atoms with Crippen molar-refractivity contribution in [2.45, 2.75) is 19.0 Å². The summed E-state index contributed by atoms with van der Waals surface area (Å²) in [6.07, 6.45) is 1.26. The quantitative estimate of drug-likeness (QED) is 0.834. The normalized spacial score (nSPS) is 24.3.